The number of unbranched alkanes of at least 4 members (excludes halogenated alkanes) is 1. The van der Waals surface area contributed by atoms with Crippen molar-refractivity contribution in [3.63, 3.8) is 0 Å². The Morgan fingerprint density at radius 2 is 1.55 bits per heavy atom. The number of aryl methyl sites for hydroxylation is 5. The fraction of sp³-hybridized carbons (Fsp3) is 0.500. The van der Waals surface area contributed by atoms with Gasteiger partial charge in [-0.15, -0.1) is 12.4 Å². The molecule has 3 rings (SSSR count). The molecule has 4 nitrogen and oxygen atoms in total. The molecule has 0 aliphatic heterocycles. The molecule has 3 aromatic rings. The lowest BCUT2D eigenvalue weighted by Crippen LogP contribution is -2.25. The number of rotatable bonds is 6. The van der Waals surface area contributed by atoms with E-state index in [0.717, 1.165) is 30.4 Å². The van der Waals surface area contributed by atoms with Gasteiger partial charge in [0.1, 0.15) is 11.6 Å². The van der Waals surface area contributed by atoms with E-state index in [1.807, 2.05) is 6.92 Å². The van der Waals surface area contributed by atoms with E-state index in [4.69, 9.17) is 9.97 Å². The van der Waals surface area contributed by atoms with Gasteiger partial charge in [-0.2, -0.15) is 0 Å². The van der Waals surface area contributed by atoms with Crippen molar-refractivity contribution in [1.29, 1.82) is 0 Å². The molecule has 0 N–H and O–H groups in total. The molecule has 158 valence electrons. The molecule has 0 fully saturated rings. The van der Waals surface area contributed by atoms with Gasteiger partial charge in [-0.3, -0.25) is 4.57 Å². The van der Waals surface area contributed by atoms with Crippen LogP contribution in [-0.2, 0) is 0 Å². The van der Waals surface area contributed by atoms with Gasteiger partial charge in [-0.1, -0.05) is 31.0 Å². The molecule has 0 amide bonds. The lowest BCUT2D eigenvalue weighted by atomic mass is 10.0. The number of hydrogen-bond donors (Lipinski definition) is 0. The molecule has 5 heteroatoms. The molecule has 0 bridgehead atoms. The minimum Gasteiger partial charge on any atom is -0.356 e. The van der Waals surface area contributed by atoms with Gasteiger partial charge in [0.2, 0.25) is 0 Å². The molecule has 0 radical (unpaired) electrons. The highest BCUT2D eigenvalue weighted by molar-refractivity contribution is 5.94. The first-order valence-corrected chi connectivity index (χ1v) is 10.5. The molecule has 0 spiro atoms. The predicted octanol–water partition coefficient (Wildman–Crippen LogP) is 6.32. The topological polar surface area (TPSA) is 34.0 Å². The minimum atomic E-state index is 0. The standard InChI is InChI=1S/C24H34N4.ClH/c1-9-11-12-27(10-2)23-21-18(6)19(7)28(24(21)26-20(8)25-23)22-16(4)13-15(3)14-17(22)5;/h13-14H,9-12H2,1-8H3;1H. The van der Waals surface area contributed by atoms with Crippen molar-refractivity contribution in [2.24, 2.45) is 0 Å². The van der Waals surface area contributed by atoms with E-state index in [1.165, 1.54) is 51.9 Å². The van der Waals surface area contributed by atoms with Gasteiger partial charge >= 0.3 is 0 Å². The summed E-state index contributed by atoms with van der Waals surface area (Å²) in [6.45, 7) is 19.4. The zero-order valence-electron chi connectivity index (χ0n) is 19.2. The second kappa shape index (κ2) is 9.17. The Labute approximate surface area is 181 Å². The average molecular weight is 415 g/mol. The van der Waals surface area contributed by atoms with E-state index in [9.17, 15) is 0 Å². The molecule has 0 saturated heterocycles. The normalized spacial score (nSPS) is 11.0. The van der Waals surface area contributed by atoms with Crippen LogP contribution in [0.1, 0.15) is 60.5 Å². The Balaban J connectivity index is 0.00000300. The van der Waals surface area contributed by atoms with Gasteiger partial charge in [0.25, 0.3) is 0 Å². The van der Waals surface area contributed by atoms with Crippen LogP contribution < -0.4 is 4.90 Å². The highest BCUT2D eigenvalue weighted by Crippen LogP contribution is 2.35. The SMILES string of the molecule is CCCCN(CC)c1nc(C)nc2c1c(C)c(C)n2-c1c(C)cc(C)cc1C.Cl. The number of benzene rings is 1. The van der Waals surface area contributed by atoms with Crippen LogP contribution in [0.2, 0.25) is 0 Å². The van der Waals surface area contributed by atoms with Crippen molar-refractivity contribution >= 4 is 29.3 Å². The summed E-state index contributed by atoms with van der Waals surface area (Å²) in [5, 5.41) is 1.19. The molecule has 2 heterocycles. The number of aromatic nitrogens is 3. The number of anilines is 1. The van der Waals surface area contributed by atoms with Gasteiger partial charge < -0.3 is 4.90 Å². The quantitative estimate of drug-likeness (QED) is 0.473. The van der Waals surface area contributed by atoms with Crippen LogP contribution in [-0.4, -0.2) is 27.6 Å². The molecule has 0 unspecified atom stereocenters. The van der Waals surface area contributed by atoms with Crippen molar-refractivity contribution in [2.45, 2.75) is 68.2 Å². The third kappa shape index (κ3) is 4.13. The molecule has 29 heavy (non-hydrogen) atoms. The third-order valence-corrected chi connectivity index (χ3v) is 5.77. The van der Waals surface area contributed by atoms with Crippen LogP contribution in [0.5, 0.6) is 0 Å². The maximum absolute atomic E-state index is 4.92. The van der Waals surface area contributed by atoms with Gasteiger partial charge in [0.15, 0.2) is 5.65 Å². The van der Waals surface area contributed by atoms with E-state index in [-0.39, 0.29) is 12.4 Å². The molecular formula is C24H35ClN4. The van der Waals surface area contributed by atoms with Crippen LogP contribution in [0.4, 0.5) is 5.82 Å². The number of nitrogens with zero attached hydrogens (tertiary/aromatic N) is 4. The fourth-order valence-electron chi connectivity index (χ4n) is 4.34. The van der Waals surface area contributed by atoms with Crippen LogP contribution >= 0.6 is 12.4 Å². The minimum absolute atomic E-state index is 0. The summed E-state index contributed by atoms with van der Waals surface area (Å²) in [6, 6.07) is 4.52. The summed E-state index contributed by atoms with van der Waals surface area (Å²) in [5.41, 5.74) is 8.68. The van der Waals surface area contributed by atoms with Gasteiger partial charge in [0.05, 0.1) is 11.1 Å². The Hall–Kier alpha value is -2.07. The number of halogens is 1. The Kier molecular flexibility index (Phi) is 7.34. The zero-order chi connectivity index (χ0) is 20.6. The molecule has 2 aromatic heterocycles. The molecule has 0 aliphatic rings. The van der Waals surface area contributed by atoms with Gasteiger partial charge in [0, 0.05) is 18.8 Å². The summed E-state index contributed by atoms with van der Waals surface area (Å²) in [5.74, 6) is 1.92. The first-order chi connectivity index (χ1) is 13.3. The predicted molar refractivity (Wildman–Crippen MR) is 127 cm³/mol. The summed E-state index contributed by atoms with van der Waals surface area (Å²) < 4.78 is 2.35. The van der Waals surface area contributed by atoms with Crippen molar-refractivity contribution < 1.29 is 0 Å². The maximum Gasteiger partial charge on any atom is 0.150 e. The lowest BCUT2D eigenvalue weighted by Gasteiger charge is -2.23. The van der Waals surface area contributed by atoms with E-state index in [0.29, 0.717) is 0 Å². The summed E-state index contributed by atoms with van der Waals surface area (Å²) in [4.78, 5) is 12.2. The monoisotopic (exact) mass is 414 g/mol. The largest absolute Gasteiger partial charge is 0.356 e. The Morgan fingerprint density at radius 3 is 2.10 bits per heavy atom. The highest BCUT2D eigenvalue weighted by Gasteiger charge is 2.22. The summed E-state index contributed by atoms with van der Waals surface area (Å²) in [7, 11) is 0. The first kappa shape index (κ1) is 23.2. The molecular weight excluding hydrogens is 380 g/mol. The lowest BCUT2D eigenvalue weighted by molar-refractivity contribution is 0.724. The third-order valence-electron chi connectivity index (χ3n) is 5.77. The molecule has 0 aliphatic carbocycles. The fourth-order valence-corrected chi connectivity index (χ4v) is 4.34. The van der Waals surface area contributed by atoms with Crippen LogP contribution in [0.3, 0.4) is 0 Å². The maximum atomic E-state index is 4.92. The van der Waals surface area contributed by atoms with Crippen molar-refractivity contribution in [2.75, 3.05) is 18.0 Å². The van der Waals surface area contributed by atoms with E-state index in [1.54, 1.807) is 0 Å². The van der Waals surface area contributed by atoms with Crippen molar-refractivity contribution in [3.8, 4) is 5.69 Å². The molecule has 1 aromatic carbocycles. The van der Waals surface area contributed by atoms with Crippen LogP contribution in [0.25, 0.3) is 16.7 Å². The summed E-state index contributed by atoms with van der Waals surface area (Å²) in [6.07, 6.45) is 2.36. The second-order valence-electron chi connectivity index (χ2n) is 8.02. The highest BCUT2D eigenvalue weighted by atomic mass is 35.5. The van der Waals surface area contributed by atoms with Crippen LogP contribution in [0, 0.1) is 41.5 Å². The van der Waals surface area contributed by atoms with Crippen molar-refractivity contribution in [1.82, 2.24) is 14.5 Å². The molecule has 0 saturated carbocycles. The number of hydrogen-bond acceptors (Lipinski definition) is 3. The summed E-state index contributed by atoms with van der Waals surface area (Å²) >= 11 is 0. The first-order valence-electron chi connectivity index (χ1n) is 10.5. The zero-order valence-corrected chi connectivity index (χ0v) is 20.0. The van der Waals surface area contributed by atoms with Crippen molar-refractivity contribution in [3.05, 3.63) is 45.9 Å². The van der Waals surface area contributed by atoms with Gasteiger partial charge in [-0.05, 0) is 71.6 Å². The smallest absolute Gasteiger partial charge is 0.150 e. The average Bonchev–Trinajstić information content (AvgIpc) is 2.86. The number of fused-ring (bicyclic) bond motifs is 1. The van der Waals surface area contributed by atoms with E-state index < -0.39 is 0 Å². The molecule has 0 atom stereocenters. The Bertz CT molecular complexity index is 997. The second-order valence-corrected chi connectivity index (χ2v) is 8.02. The Morgan fingerprint density at radius 1 is 0.931 bits per heavy atom. The van der Waals surface area contributed by atoms with E-state index in [2.05, 4.69) is 70.1 Å². The van der Waals surface area contributed by atoms with E-state index >= 15 is 0 Å². The van der Waals surface area contributed by atoms with Crippen LogP contribution in [0.15, 0.2) is 12.1 Å². The van der Waals surface area contributed by atoms with Gasteiger partial charge in [-0.25, -0.2) is 9.97 Å².